The minimum atomic E-state index is -4.33. The first-order valence-electron chi connectivity index (χ1n) is 19.9. The molecule has 0 fully saturated rings. The second kappa shape index (κ2) is 15.5. The molecule has 0 saturated heterocycles. The van der Waals surface area contributed by atoms with E-state index in [0.29, 0.717) is 28.1 Å². The van der Waals surface area contributed by atoms with Crippen LogP contribution in [0.25, 0.3) is 76.1 Å². The molecule has 9 rings (SSSR count). The van der Waals surface area contributed by atoms with Gasteiger partial charge in [0.1, 0.15) is 5.01 Å². The molecule has 0 saturated carbocycles. The fourth-order valence-corrected chi connectivity index (χ4v) is 7.84. The maximum Gasteiger partial charge on any atom is 0.381 e. The third-order valence-electron chi connectivity index (χ3n) is 9.82. The van der Waals surface area contributed by atoms with Crippen molar-refractivity contribution in [2.75, 3.05) is 0 Å². The molecular formula is C48H39F3IrN4OS-2. The first-order chi connectivity index (χ1) is 28.3. The standard InChI is InChI=1S/C32H24N3OS.C16H15F3N.Ir/c1-18-12-14-22-21-10-7-11-23(28(21)36-30(22)34-18)27-16-24(25(17-33-27)32(2,3)4)31-35-26-15-13-19-8-5-6-9-20(19)29(26)37-31;1-15(2,3)13-8-9-14(20-10-13)11-4-6-12(7-5-11)16(17,18)19;/h5-10,12-17H,1-4H3;4,6-10H,1-3H3;/q2*-1;/i1D3;;. The van der Waals surface area contributed by atoms with Gasteiger partial charge in [-0.05, 0) is 69.3 Å². The van der Waals surface area contributed by atoms with E-state index in [0.717, 1.165) is 54.8 Å². The summed E-state index contributed by atoms with van der Waals surface area (Å²) < 4.78 is 67.9. The van der Waals surface area contributed by atoms with Crippen LogP contribution in [0.3, 0.4) is 0 Å². The number of rotatable bonds is 3. The van der Waals surface area contributed by atoms with Crippen LogP contribution in [0.1, 0.15) is 68.0 Å². The van der Waals surface area contributed by atoms with Gasteiger partial charge in [0.15, 0.2) is 0 Å². The molecule has 5 heterocycles. The van der Waals surface area contributed by atoms with Crippen molar-refractivity contribution in [2.45, 2.75) is 65.4 Å². The van der Waals surface area contributed by atoms with Crippen molar-refractivity contribution in [2.24, 2.45) is 0 Å². The van der Waals surface area contributed by atoms with Crippen molar-refractivity contribution < 1.29 is 41.8 Å². The Morgan fingerprint density at radius 1 is 0.724 bits per heavy atom. The Labute approximate surface area is 357 Å². The summed E-state index contributed by atoms with van der Waals surface area (Å²) in [4.78, 5) is 18.5. The van der Waals surface area contributed by atoms with E-state index in [9.17, 15) is 13.2 Å². The molecule has 0 atom stereocenters. The van der Waals surface area contributed by atoms with Crippen LogP contribution in [-0.2, 0) is 37.1 Å². The molecule has 1 radical (unpaired) electrons. The Balaban J connectivity index is 0.000000226. The molecule has 58 heavy (non-hydrogen) atoms. The summed E-state index contributed by atoms with van der Waals surface area (Å²) in [6, 6.07) is 34.8. The average Bonchev–Trinajstić information content (AvgIpc) is 3.82. The number of nitrogens with zero attached hydrogens (tertiary/aromatic N) is 4. The van der Waals surface area contributed by atoms with Crippen molar-refractivity contribution in [1.29, 1.82) is 0 Å². The fraction of sp³-hybridized carbons (Fsp3) is 0.208. The number of hydrogen-bond donors (Lipinski definition) is 0. The van der Waals surface area contributed by atoms with Crippen LogP contribution in [0.5, 0.6) is 0 Å². The van der Waals surface area contributed by atoms with Gasteiger partial charge in [0.05, 0.1) is 15.8 Å². The predicted molar refractivity (Wildman–Crippen MR) is 225 cm³/mol. The quantitative estimate of drug-likeness (QED) is 0.165. The summed E-state index contributed by atoms with van der Waals surface area (Å²) in [6.45, 7) is 10.4. The molecule has 4 aromatic carbocycles. The van der Waals surface area contributed by atoms with E-state index >= 15 is 0 Å². The molecule has 5 nitrogen and oxygen atoms in total. The largest absolute Gasteiger partial charge is 0.486 e. The maximum absolute atomic E-state index is 12.5. The number of fused-ring (bicyclic) bond motifs is 6. The van der Waals surface area contributed by atoms with E-state index < -0.39 is 18.6 Å². The number of hydrogen-bond acceptors (Lipinski definition) is 6. The van der Waals surface area contributed by atoms with Crippen LogP contribution in [0, 0.1) is 19.0 Å². The van der Waals surface area contributed by atoms with Crippen LogP contribution >= 0.6 is 11.3 Å². The molecule has 0 aliphatic carbocycles. The second-order valence-electron chi connectivity index (χ2n) is 15.9. The zero-order chi connectivity index (χ0) is 42.8. The minimum Gasteiger partial charge on any atom is -0.486 e. The van der Waals surface area contributed by atoms with Crippen LogP contribution in [0.2, 0.25) is 0 Å². The van der Waals surface area contributed by atoms with Gasteiger partial charge in [-0.15, -0.1) is 59.4 Å². The minimum absolute atomic E-state index is 0. The monoisotopic (exact) mass is 972 g/mol. The van der Waals surface area contributed by atoms with Crippen molar-refractivity contribution in [3.8, 4) is 33.1 Å². The predicted octanol–water partition coefficient (Wildman–Crippen LogP) is 13.7. The maximum atomic E-state index is 12.5. The molecule has 0 unspecified atom stereocenters. The topological polar surface area (TPSA) is 64.7 Å². The number of thiazole rings is 1. The van der Waals surface area contributed by atoms with Crippen LogP contribution in [0.15, 0.2) is 114 Å². The van der Waals surface area contributed by atoms with Crippen LogP contribution in [0.4, 0.5) is 13.2 Å². The Morgan fingerprint density at radius 2 is 1.50 bits per heavy atom. The molecule has 295 valence electrons. The van der Waals surface area contributed by atoms with Gasteiger partial charge in [-0.25, -0.2) is 9.97 Å². The molecule has 0 N–H and O–H groups in total. The van der Waals surface area contributed by atoms with E-state index in [2.05, 4.69) is 106 Å². The number of aryl methyl sites for hydroxylation is 1. The Morgan fingerprint density at radius 3 is 2.19 bits per heavy atom. The van der Waals surface area contributed by atoms with Gasteiger partial charge in [-0.1, -0.05) is 101 Å². The summed E-state index contributed by atoms with van der Waals surface area (Å²) in [5.41, 5.74) is 6.73. The Bertz CT molecular complexity index is 2980. The zero-order valence-corrected chi connectivity index (χ0v) is 35.7. The van der Waals surface area contributed by atoms with Crippen molar-refractivity contribution in [3.05, 3.63) is 144 Å². The third kappa shape index (κ3) is 8.06. The van der Waals surface area contributed by atoms with Gasteiger partial charge in [-0.2, -0.15) is 13.2 Å². The number of alkyl halides is 3. The van der Waals surface area contributed by atoms with Gasteiger partial charge in [0.25, 0.3) is 0 Å². The van der Waals surface area contributed by atoms with E-state index in [1.54, 1.807) is 29.7 Å². The van der Waals surface area contributed by atoms with E-state index in [1.165, 1.54) is 22.9 Å². The second-order valence-corrected chi connectivity index (χ2v) is 16.9. The zero-order valence-electron chi connectivity index (χ0n) is 35.5. The molecule has 0 spiro atoms. The summed E-state index contributed by atoms with van der Waals surface area (Å²) in [5, 5.41) is 4.91. The molecule has 0 amide bonds. The fourth-order valence-electron chi connectivity index (χ4n) is 6.71. The molecule has 9 aromatic rings. The summed E-state index contributed by atoms with van der Waals surface area (Å²) in [5.74, 6) is 0. The molecule has 10 heteroatoms. The van der Waals surface area contributed by atoms with Crippen LogP contribution < -0.4 is 0 Å². The SMILES string of the molecule is CC(C)(C)c1ccc(-c2[c-]cc(C(F)(F)F)cc2)nc1.[2H]C([2H])([2H])c1ccc2c(n1)oc1c(-c3cc(-c4nc5ccc6ccccc6c5s4)c(C(C)(C)C)cn3)[c-]ccc12.[Ir]. The van der Waals surface area contributed by atoms with Gasteiger partial charge >= 0.3 is 6.18 Å². The van der Waals surface area contributed by atoms with E-state index in [-0.39, 0.29) is 42.3 Å². The first-order valence-corrected chi connectivity index (χ1v) is 19.2. The first kappa shape index (κ1) is 37.0. The van der Waals surface area contributed by atoms with Crippen molar-refractivity contribution in [1.82, 2.24) is 19.9 Å². The molecule has 0 aliphatic heterocycles. The number of aromatic nitrogens is 4. The van der Waals surface area contributed by atoms with Crippen LogP contribution in [-0.4, -0.2) is 19.9 Å². The number of furan rings is 1. The summed E-state index contributed by atoms with van der Waals surface area (Å²) in [7, 11) is 0. The molecule has 0 bridgehead atoms. The molecule has 0 aliphatic rings. The van der Waals surface area contributed by atoms with Gasteiger partial charge in [-0.3, -0.25) is 0 Å². The van der Waals surface area contributed by atoms with Gasteiger partial charge < -0.3 is 14.4 Å². The van der Waals surface area contributed by atoms with Gasteiger partial charge in [0, 0.05) is 58.6 Å². The molecule has 5 aromatic heterocycles. The average molecular weight is 972 g/mol. The third-order valence-corrected chi connectivity index (χ3v) is 11.0. The number of benzene rings is 4. The number of pyridine rings is 3. The number of halogens is 3. The summed E-state index contributed by atoms with van der Waals surface area (Å²) in [6.07, 6.45) is -0.658. The van der Waals surface area contributed by atoms with Crippen molar-refractivity contribution in [3.63, 3.8) is 0 Å². The van der Waals surface area contributed by atoms with E-state index in [4.69, 9.17) is 18.5 Å². The Kier molecular flexibility index (Phi) is 9.88. The Hall–Kier alpha value is -5.28. The summed E-state index contributed by atoms with van der Waals surface area (Å²) >= 11 is 1.69. The van der Waals surface area contributed by atoms with Gasteiger partial charge in [0.2, 0.25) is 5.71 Å². The smallest absolute Gasteiger partial charge is 0.381 e. The van der Waals surface area contributed by atoms with Crippen molar-refractivity contribution >= 4 is 54.4 Å². The van der Waals surface area contributed by atoms with E-state index in [1.807, 2.05) is 24.4 Å². The normalized spacial score (nSPS) is 13.2. The molecular weight excluding hydrogens is 930 g/mol.